The highest BCUT2D eigenvalue weighted by Gasteiger charge is 2.39. The Morgan fingerprint density at radius 3 is 2.45 bits per heavy atom. The first kappa shape index (κ1) is 30.7. The minimum absolute atomic E-state index is 0.0456. The van der Waals surface area contributed by atoms with Gasteiger partial charge in [0.2, 0.25) is 5.91 Å². The van der Waals surface area contributed by atoms with Crippen molar-refractivity contribution in [2.24, 2.45) is 5.92 Å². The Morgan fingerprint density at radius 2 is 1.77 bits per heavy atom. The van der Waals surface area contributed by atoms with Crippen LogP contribution in [0, 0.1) is 5.92 Å². The van der Waals surface area contributed by atoms with Crippen LogP contribution in [0.5, 0.6) is 0 Å². The van der Waals surface area contributed by atoms with Gasteiger partial charge >= 0.3 is 6.09 Å². The molecule has 2 N–H and O–H groups in total. The van der Waals surface area contributed by atoms with Crippen molar-refractivity contribution in [3.05, 3.63) is 35.9 Å². The van der Waals surface area contributed by atoms with E-state index >= 15 is 0 Å². The topological polar surface area (TPSA) is 83.1 Å². The molecule has 1 aromatic rings. The fourth-order valence-electron chi connectivity index (χ4n) is 5.95. The highest BCUT2D eigenvalue weighted by Crippen LogP contribution is 2.28. The lowest BCUT2D eigenvalue weighted by molar-refractivity contribution is -0.125. The van der Waals surface area contributed by atoms with Gasteiger partial charge in [-0.3, -0.25) is 14.6 Å². The Balaban J connectivity index is 1.33. The number of thiocarbonyl (C=S) groups is 1. The van der Waals surface area contributed by atoms with Gasteiger partial charge in [0.15, 0.2) is 0 Å². The van der Waals surface area contributed by atoms with Crippen molar-refractivity contribution >= 4 is 29.2 Å². The number of carbonyl (C=O) groups excluding carboxylic acids is 2. The van der Waals surface area contributed by atoms with Gasteiger partial charge in [-0.1, -0.05) is 74.7 Å². The molecule has 2 amide bonds. The van der Waals surface area contributed by atoms with Crippen molar-refractivity contribution in [3.63, 3.8) is 0 Å². The predicted octanol–water partition coefficient (Wildman–Crippen LogP) is 5.01. The largest absolute Gasteiger partial charge is 0.444 e. The zero-order valence-corrected chi connectivity index (χ0v) is 25.3. The van der Waals surface area contributed by atoms with Crippen LogP contribution in [0.25, 0.3) is 0 Å². The lowest BCUT2D eigenvalue weighted by Gasteiger charge is -2.34. The van der Waals surface area contributed by atoms with Crippen molar-refractivity contribution in [2.45, 2.75) is 109 Å². The summed E-state index contributed by atoms with van der Waals surface area (Å²) in [6, 6.07) is 9.89. The first-order valence-corrected chi connectivity index (χ1v) is 15.5. The molecule has 0 aromatic heterocycles. The van der Waals surface area contributed by atoms with Gasteiger partial charge in [0.05, 0.1) is 17.6 Å². The van der Waals surface area contributed by atoms with E-state index in [9.17, 15) is 9.59 Å². The summed E-state index contributed by atoms with van der Waals surface area (Å²) in [6.07, 6.45) is 9.74. The quantitative estimate of drug-likeness (QED) is 0.403. The van der Waals surface area contributed by atoms with Crippen LogP contribution in [0.1, 0.15) is 84.1 Å². The smallest absolute Gasteiger partial charge is 0.412 e. The molecule has 3 aliphatic rings. The summed E-state index contributed by atoms with van der Waals surface area (Å²) < 4.78 is 11.0. The maximum absolute atomic E-state index is 13.5. The second-order valence-electron chi connectivity index (χ2n) is 12.7. The molecule has 0 bridgehead atoms. The van der Waals surface area contributed by atoms with Crippen molar-refractivity contribution in [2.75, 3.05) is 26.4 Å². The summed E-state index contributed by atoms with van der Waals surface area (Å²) in [7, 11) is 0. The molecule has 2 heterocycles. The van der Waals surface area contributed by atoms with Gasteiger partial charge in [-0.15, -0.1) is 0 Å². The van der Waals surface area contributed by atoms with Crippen molar-refractivity contribution < 1.29 is 19.1 Å². The van der Waals surface area contributed by atoms with Crippen molar-refractivity contribution in [1.82, 2.24) is 20.4 Å². The van der Waals surface area contributed by atoms with E-state index < -0.39 is 17.7 Å². The average molecular weight is 573 g/mol. The third-order valence-electron chi connectivity index (χ3n) is 8.22. The number of amides is 2. The SMILES string of the molecule is CC(C)(C)OC(=O)N1COC[C@H]1C(=O)N[C@H](CCC1CCCCC1)C(=S)NC1CCN(Cc2ccccc2)CC1. The summed E-state index contributed by atoms with van der Waals surface area (Å²) in [6.45, 7) is 8.63. The van der Waals surface area contributed by atoms with Gasteiger partial charge in [-0.2, -0.15) is 0 Å². The molecular weight excluding hydrogens is 524 g/mol. The van der Waals surface area contributed by atoms with E-state index in [0.717, 1.165) is 45.3 Å². The van der Waals surface area contributed by atoms with Crippen LogP contribution >= 0.6 is 12.2 Å². The van der Waals surface area contributed by atoms with Gasteiger partial charge in [-0.05, 0) is 57.9 Å². The standard InChI is InChI=1S/C31H48N4O4S/c1-31(2,3)39-30(37)35-22-38-21-27(35)28(36)33-26(15-14-23-10-6-4-7-11-23)29(40)32-25-16-18-34(19-17-25)20-24-12-8-5-9-13-24/h5,8-9,12-13,23,25-27H,4,6-7,10-11,14-22H2,1-3H3,(H,32,40)(H,33,36)/t26-,27+/m1/s1. The molecule has 4 rings (SSSR count). The van der Waals surface area contributed by atoms with Gasteiger partial charge in [0.25, 0.3) is 0 Å². The zero-order valence-electron chi connectivity index (χ0n) is 24.5. The van der Waals surface area contributed by atoms with Crippen LogP contribution in [-0.2, 0) is 20.8 Å². The fraction of sp³-hybridized carbons (Fsp3) is 0.710. The Labute approximate surface area is 245 Å². The number of benzene rings is 1. The molecule has 222 valence electrons. The van der Waals surface area contributed by atoms with Crippen LogP contribution in [0.2, 0.25) is 0 Å². The second kappa shape index (κ2) is 14.6. The van der Waals surface area contributed by atoms with E-state index in [-0.39, 0.29) is 25.3 Å². The van der Waals surface area contributed by atoms with Gasteiger partial charge in [0.1, 0.15) is 18.4 Å². The van der Waals surface area contributed by atoms with Crippen LogP contribution in [0.15, 0.2) is 30.3 Å². The van der Waals surface area contributed by atoms with Gasteiger partial charge < -0.3 is 20.1 Å². The monoisotopic (exact) mass is 572 g/mol. The molecule has 40 heavy (non-hydrogen) atoms. The normalized spacial score (nSPS) is 22.1. The van der Waals surface area contributed by atoms with Crippen molar-refractivity contribution in [1.29, 1.82) is 0 Å². The number of nitrogens with one attached hydrogen (secondary N) is 2. The molecule has 2 atom stereocenters. The molecule has 1 aromatic carbocycles. The predicted molar refractivity (Wildman–Crippen MR) is 161 cm³/mol. The molecule has 0 spiro atoms. The summed E-state index contributed by atoms with van der Waals surface area (Å²) in [4.78, 5) is 30.8. The van der Waals surface area contributed by atoms with E-state index in [0.29, 0.717) is 16.9 Å². The number of carbonyl (C=O) groups is 2. The average Bonchev–Trinajstić information content (AvgIpc) is 3.43. The van der Waals surface area contributed by atoms with Crippen molar-refractivity contribution in [3.8, 4) is 0 Å². The molecule has 8 nitrogen and oxygen atoms in total. The highest BCUT2D eigenvalue weighted by atomic mass is 32.1. The maximum Gasteiger partial charge on any atom is 0.412 e. The number of ether oxygens (including phenoxy) is 2. The number of piperidine rings is 1. The van der Waals surface area contributed by atoms with E-state index in [4.69, 9.17) is 21.7 Å². The lowest BCUT2D eigenvalue weighted by atomic mass is 9.85. The number of hydrogen-bond donors (Lipinski definition) is 2. The Morgan fingerprint density at radius 1 is 1.07 bits per heavy atom. The minimum Gasteiger partial charge on any atom is -0.444 e. The second-order valence-corrected chi connectivity index (χ2v) is 13.1. The van der Waals surface area contributed by atoms with E-state index in [2.05, 4.69) is 45.9 Å². The number of hydrogen-bond acceptors (Lipinski definition) is 6. The molecule has 3 fully saturated rings. The Hall–Kier alpha value is -2.23. The molecule has 0 radical (unpaired) electrons. The molecular formula is C31H48N4O4S. The van der Waals surface area contributed by atoms with Crippen LogP contribution in [-0.4, -0.2) is 76.9 Å². The summed E-state index contributed by atoms with van der Waals surface area (Å²) in [5.74, 6) is 0.448. The highest BCUT2D eigenvalue weighted by molar-refractivity contribution is 7.80. The van der Waals surface area contributed by atoms with Gasteiger partial charge in [0, 0.05) is 25.7 Å². The summed E-state index contributed by atoms with van der Waals surface area (Å²) in [5, 5.41) is 6.80. The van der Waals surface area contributed by atoms with Crippen LogP contribution < -0.4 is 10.6 Å². The first-order chi connectivity index (χ1) is 19.2. The van der Waals surface area contributed by atoms with Gasteiger partial charge in [-0.25, -0.2) is 4.79 Å². The Kier molecular flexibility index (Phi) is 11.2. The zero-order chi connectivity index (χ0) is 28.5. The summed E-state index contributed by atoms with van der Waals surface area (Å²) >= 11 is 5.93. The third-order valence-corrected chi connectivity index (χ3v) is 8.62. The minimum atomic E-state index is -0.726. The molecule has 0 unspecified atom stereocenters. The molecule has 1 saturated carbocycles. The number of nitrogens with zero attached hydrogens (tertiary/aromatic N) is 2. The molecule has 2 aliphatic heterocycles. The van der Waals surface area contributed by atoms with Crippen LogP contribution in [0.4, 0.5) is 4.79 Å². The molecule has 1 aliphatic carbocycles. The lowest BCUT2D eigenvalue weighted by Crippen LogP contribution is -2.55. The van der Waals surface area contributed by atoms with E-state index in [1.165, 1.54) is 42.6 Å². The summed E-state index contributed by atoms with van der Waals surface area (Å²) in [5.41, 5.74) is 0.692. The third kappa shape index (κ3) is 9.42. The Bertz CT molecular complexity index is 971. The molecule has 9 heteroatoms. The maximum atomic E-state index is 13.5. The number of rotatable bonds is 9. The van der Waals surface area contributed by atoms with E-state index in [1.54, 1.807) is 0 Å². The molecule has 2 saturated heterocycles. The fourth-order valence-corrected chi connectivity index (χ4v) is 6.30. The first-order valence-electron chi connectivity index (χ1n) is 15.1. The number of likely N-dealkylation sites (tertiary alicyclic amines) is 1. The van der Waals surface area contributed by atoms with Crippen LogP contribution in [0.3, 0.4) is 0 Å². The van der Waals surface area contributed by atoms with E-state index in [1.807, 2.05) is 20.8 Å².